The molecule has 0 saturated heterocycles. The van der Waals surface area contributed by atoms with Crippen molar-refractivity contribution in [3.05, 3.63) is 18.7 Å². The molecule has 7 heteroatoms. The van der Waals surface area contributed by atoms with Crippen LogP contribution in [0.4, 0.5) is 10.5 Å². The largest absolute Gasteiger partial charge is 0.481 e. The molecular formula is C11H16N4O3. The maximum atomic E-state index is 11.9. The summed E-state index contributed by atoms with van der Waals surface area (Å²) < 4.78 is 0. The number of carboxylic acid groups (broad SMARTS) is 1. The summed E-state index contributed by atoms with van der Waals surface area (Å²) in [7, 11) is 0. The summed E-state index contributed by atoms with van der Waals surface area (Å²) in [6.45, 7) is 3.80. The molecule has 0 unspecified atom stereocenters. The Morgan fingerprint density at radius 1 is 1.39 bits per heavy atom. The van der Waals surface area contributed by atoms with Crippen molar-refractivity contribution in [2.24, 2.45) is 0 Å². The van der Waals surface area contributed by atoms with Crippen LogP contribution in [0.25, 0.3) is 0 Å². The first kappa shape index (κ1) is 13.9. The van der Waals surface area contributed by atoms with Crippen molar-refractivity contribution in [1.82, 2.24) is 14.9 Å². The van der Waals surface area contributed by atoms with E-state index in [1.54, 1.807) is 0 Å². The van der Waals surface area contributed by atoms with Gasteiger partial charge in [-0.3, -0.25) is 4.79 Å². The molecular weight excluding hydrogens is 236 g/mol. The second-order valence-electron chi connectivity index (χ2n) is 3.99. The van der Waals surface area contributed by atoms with Crippen LogP contribution in [0.2, 0.25) is 0 Å². The van der Waals surface area contributed by atoms with Crippen LogP contribution in [0.3, 0.4) is 0 Å². The molecule has 2 amide bonds. The van der Waals surface area contributed by atoms with E-state index in [0.717, 1.165) is 0 Å². The SMILES string of the molecule is CC(C)N(CCC(=O)O)C(=O)Nc1cncnc1. The van der Waals surface area contributed by atoms with Gasteiger partial charge in [0.05, 0.1) is 24.5 Å². The Morgan fingerprint density at radius 2 is 2.00 bits per heavy atom. The van der Waals surface area contributed by atoms with E-state index in [-0.39, 0.29) is 25.0 Å². The zero-order valence-corrected chi connectivity index (χ0v) is 10.3. The number of rotatable bonds is 5. The minimum Gasteiger partial charge on any atom is -0.481 e. The summed E-state index contributed by atoms with van der Waals surface area (Å²) >= 11 is 0. The summed E-state index contributed by atoms with van der Waals surface area (Å²) in [6, 6.07) is -0.449. The number of hydrogen-bond acceptors (Lipinski definition) is 4. The highest BCUT2D eigenvalue weighted by molar-refractivity contribution is 5.89. The quantitative estimate of drug-likeness (QED) is 0.820. The summed E-state index contributed by atoms with van der Waals surface area (Å²) in [4.78, 5) is 31.5. The van der Waals surface area contributed by atoms with E-state index in [9.17, 15) is 9.59 Å². The zero-order chi connectivity index (χ0) is 13.5. The van der Waals surface area contributed by atoms with Gasteiger partial charge in [-0.05, 0) is 13.8 Å². The van der Waals surface area contributed by atoms with Crippen LogP contribution in [0.15, 0.2) is 18.7 Å². The molecule has 98 valence electrons. The number of amides is 2. The Hall–Kier alpha value is -2.18. The van der Waals surface area contributed by atoms with Gasteiger partial charge in [-0.2, -0.15) is 0 Å². The van der Waals surface area contributed by atoms with E-state index in [1.165, 1.54) is 23.6 Å². The number of nitrogens with one attached hydrogen (secondary N) is 1. The van der Waals surface area contributed by atoms with Crippen molar-refractivity contribution in [2.45, 2.75) is 26.3 Å². The normalized spacial score (nSPS) is 10.2. The van der Waals surface area contributed by atoms with Crippen LogP contribution in [-0.2, 0) is 4.79 Å². The monoisotopic (exact) mass is 252 g/mol. The maximum Gasteiger partial charge on any atom is 0.322 e. The first-order valence-corrected chi connectivity index (χ1v) is 5.55. The van der Waals surface area contributed by atoms with Gasteiger partial charge in [0.2, 0.25) is 0 Å². The number of nitrogens with zero attached hydrogens (tertiary/aromatic N) is 3. The first-order valence-electron chi connectivity index (χ1n) is 5.55. The van der Waals surface area contributed by atoms with Crippen LogP contribution in [-0.4, -0.2) is 44.6 Å². The molecule has 1 rings (SSSR count). The van der Waals surface area contributed by atoms with E-state index >= 15 is 0 Å². The van der Waals surface area contributed by atoms with E-state index in [1.807, 2.05) is 13.8 Å². The van der Waals surface area contributed by atoms with Gasteiger partial charge >= 0.3 is 12.0 Å². The number of carbonyl (C=O) groups is 2. The number of carboxylic acids is 1. The first-order chi connectivity index (χ1) is 8.50. The third-order valence-electron chi connectivity index (χ3n) is 2.26. The molecule has 0 fully saturated rings. The summed E-state index contributed by atoms with van der Waals surface area (Å²) in [5, 5.41) is 11.3. The van der Waals surface area contributed by atoms with Gasteiger partial charge in [-0.15, -0.1) is 0 Å². The standard InChI is InChI=1S/C11H16N4O3/c1-8(2)15(4-3-10(16)17)11(18)14-9-5-12-7-13-6-9/h5-8H,3-4H2,1-2H3,(H,14,18)(H,16,17). The van der Waals surface area contributed by atoms with Crippen LogP contribution in [0.1, 0.15) is 20.3 Å². The summed E-state index contributed by atoms with van der Waals surface area (Å²) in [6.07, 6.45) is 4.22. The fraction of sp³-hybridized carbons (Fsp3) is 0.455. The van der Waals surface area contributed by atoms with Crippen LogP contribution in [0.5, 0.6) is 0 Å². The lowest BCUT2D eigenvalue weighted by atomic mass is 10.3. The molecule has 1 aromatic heterocycles. The Balaban J connectivity index is 2.62. The third kappa shape index (κ3) is 4.36. The zero-order valence-electron chi connectivity index (χ0n) is 10.3. The van der Waals surface area contributed by atoms with Gasteiger partial charge in [-0.25, -0.2) is 14.8 Å². The highest BCUT2D eigenvalue weighted by Gasteiger charge is 2.17. The molecule has 0 aliphatic rings. The van der Waals surface area contributed by atoms with Crippen molar-refractivity contribution in [2.75, 3.05) is 11.9 Å². The number of hydrogen-bond donors (Lipinski definition) is 2. The van der Waals surface area contributed by atoms with Crippen molar-refractivity contribution < 1.29 is 14.7 Å². The minimum absolute atomic E-state index is 0.0864. The lowest BCUT2D eigenvalue weighted by molar-refractivity contribution is -0.137. The fourth-order valence-electron chi connectivity index (χ4n) is 1.37. The number of urea groups is 1. The van der Waals surface area contributed by atoms with Gasteiger partial charge < -0.3 is 15.3 Å². The minimum atomic E-state index is -0.934. The van der Waals surface area contributed by atoms with Gasteiger partial charge in [0.25, 0.3) is 0 Å². The van der Waals surface area contributed by atoms with Crippen molar-refractivity contribution in [1.29, 1.82) is 0 Å². The second-order valence-corrected chi connectivity index (χ2v) is 3.99. The smallest absolute Gasteiger partial charge is 0.322 e. The summed E-state index contributed by atoms with van der Waals surface area (Å²) in [5.74, 6) is -0.934. The molecule has 0 radical (unpaired) electrons. The van der Waals surface area contributed by atoms with E-state index in [2.05, 4.69) is 15.3 Å². The Morgan fingerprint density at radius 3 is 2.50 bits per heavy atom. The number of carbonyl (C=O) groups excluding carboxylic acids is 1. The van der Waals surface area contributed by atoms with Gasteiger partial charge in [-0.1, -0.05) is 0 Å². The highest BCUT2D eigenvalue weighted by Crippen LogP contribution is 2.06. The lowest BCUT2D eigenvalue weighted by Crippen LogP contribution is -2.41. The highest BCUT2D eigenvalue weighted by atomic mass is 16.4. The molecule has 0 bridgehead atoms. The van der Waals surface area contributed by atoms with E-state index < -0.39 is 5.97 Å². The van der Waals surface area contributed by atoms with Crippen LogP contribution in [0, 0.1) is 0 Å². The van der Waals surface area contributed by atoms with Crippen LogP contribution >= 0.6 is 0 Å². The molecule has 7 nitrogen and oxygen atoms in total. The van der Waals surface area contributed by atoms with Gasteiger partial charge in [0, 0.05) is 12.6 Å². The Labute approximate surface area is 105 Å². The molecule has 1 aromatic rings. The van der Waals surface area contributed by atoms with Gasteiger partial charge in [0.1, 0.15) is 6.33 Å². The number of aromatic nitrogens is 2. The van der Waals surface area contributed by atoms with Crippen LogP contribution < -0.4 is 5.32 Å². The topological polar surface area (TPSA) is 95.4 Å². The Bertz CT molecular complexity index is 408. The molecule has 18 heavy (non-hydrogen) atoms. The average molecular weight is 252 g/mol. The second kappa shape index (κ2) is 6.53. The van der Waals surface area contributed by atoms with E-state index in [4.69, 9.17) is 5.11 Å². The molecule has 0 saturated carbocycles. The number of aliphatic carboxylic acids is 1. The predicted octanol–water partition coefficient (Wildman–Crippen LogP) is 1.19. The van der Waals surface area contributed by atoms with Crippen molar-refractivity contribution >= 4 is 17.7 Å². The third-order valence-corrected chi connectivity index (χ3v) is 2.26. The molecule has 1 heterocycles. The molecule has 0 aliphatic heterocycles. The molecule has 0 atom stereocenters. The molecule has 0 aromatic carbocycles. The predicted molar refractivity (Wildman–Crippen MR) is 65.1 cm³/mol. The molecule has 0 spiro atoms. The van der Waals surface area contributed by atoms with E-state index in [0.29, 0.717) is 5.69 Å². The fourth-order valence-corrected chi connectivity index (χ4v) is 1.37. The average Bonchev–Trinajstić information content (AvgIpc) is 2.29. The molecule has 2 N–H and O–H groups in total. The van der Waals surface area contributed by atoms with Crippen molar-refractivity contribution in [3.63, 3.8) is 0 Å². The van der Waals surface area contributed by atoms with Crippen molar-refractivity contribution in [3.8, 4) is 0 Å². The number of anilines is 1. The molecule has 0 aliphatic carbocycles. The van der Waals surface area contributed by atoms with Gasteiger partial charge in [0.15, 0.2) is 0 Å². The summed E-state index contributed by atoms with van der Waals surface area (Å²) in [5.41, 5.74) is 0.475. The maximum absolute atomic E-state index is 11.9. The lowest BCUT2D eigenvalue weighted by Gasteiger charge is -2.26. The Kier molecular flexibility index (Phi) is 5.04.